The van der Waals surface area contributed by atoms with Crippen molar-refractivity contribution in [1.29, 1.82) is 0 Å². The number of nitrogens with zero attached hydrogens (tertiary/aromatic N) is 1. The lowest BCUT2D eigenvalue weighted by Gasteiger charge is -2.27. The van der Waals surface area contributed by atoms with Crippen molar-refractivity contribution >= 4 is 11.9 Å². The molecular formula is C11H17NO4. The number of rotatable bonds is 4. The van der Waals surface area contributed by atoms with Gasteiger partial charge in [0.2, 0.25) is 0 Å². The highest BCUT2D eigenvalue weighted by Crippen LogP contribution is 2.20. The largest absolute Gasteiger partial charge is 0.500 e. The smallest absolute Gasteiger partial charge is 0.347 e. The van der Waals surface area contributed by atoms with Gasteiger partial charge in [-0.2, -0.15) is 0 Å². The van der Waals surface area contributed by atoms with Gasteiger partial charge in [-0.15, -0.1) is 0 Å². The van der Waals surface area contributed by atoms with Crippen LogP contribution in [-0.2, 0) is 19.1 Å². The molecule has 1 aliphatic heterocycles. The Morgan fingerprint density at radius 2 is 2.12 bits per heavy atom. The molecule has 90 valence electrons. The Kier molecular flexibility index (Phi) is 4.34. The molecule has 1 heterocycles. The fourth-order valence-corrected chi connectivity index (χ4v) is 1.65. The van der Waals surface area contributed by atoms with E-state index in [-0.39, 0.29) is 18.1 Å². The molecule has 0 aromatic rings. The zero-order valence-corrected chi connectivity index (χ0v) is 9.91. The van der Waals surface area contributed by atoms with Crippen molar-refractivity contribution in [3.05, 3.63) is 11.3 Å². The zero-order chi connectivity index (χ0) is 12.1. The normalized spacial score (nSPS) is 16.4. The second kappa shape index (κ2) is 5.53. The number of hydrogen-bond acceptors (Lipinski definition) is 4. The van der Waals surface area contributed by atoms with Crippen molar-refractivity contribution in [3.63, 3.8) is 0 Å². The quantitative estimate of drug-likeness (QED) is 0.524. The first-order chi connectivity index (χ1) is 7.65. The van der Waals surface area contributed by atoms with E-state index >= 15 is 0 Å². The van der Waals surface area contributed by atoms with E-state index in [4.69, 9.17) is 9.47 Å². The van der Waals surface area contributed by atoms with Crippen LogP contribution in [0, 0.1) is 0 Å². The maximum absolute atomic E-state index is 11.9. The number of ether oxygens (including phenoxy) is 2. The summed E-state index contributed by atoms with van der Waals surface area (Å²) in [6.07, 6.45) is 0.560. The third-order valence-electron chi connectivity index (χ3n) is 2.50. The fourth-order valence-electron chi connectivity index (χ4n) is 1.65. The Morgan fingerprint density at radius 1 is 1.44 bits per heavy atom. The summed E-state index contributed by atoms with van der Waals surface area (Å²) in [6, 6.07) is 0. The zero-order valence-electron chi connectivity index (χ0n) is 9.91. The molecule has 0 atom stereocenters. The number of amides is 1. The Hall–Kier alpha value is -1.52. The van der Waals surface area contributed by atoms with Crippen molar-refractivity contribution < 1.29 is 19.1 Å². The first-order valence-electron chi connectivity index (χ1n) is 5.39. The van der Waals surface area contributed by atoms with Crippen molar-refractivity contribution in [2.45, 2.75) is 20.3 Å². The molecule has 16 heavy (non-hydrogen) atoms. The van der Waals surface area contributed by atoms with Crippen molar-refractivity contribution in [2.75, 3.05) is 26.8 Å². The highest BCUT2D eigenvalue weighted by Gasteiger charge is 2.32. The standard InChI is InChI=1S/C11H17NO4/c1-4-12-7-6-8(15-3)9(10(12)13)11(14)16-5-2/h4-7H2,1-3H3. The van der Waals surface area contributed by atoms with Gasteiger partial charge in [0.15, 0.2) is 5.57 Å². The van der Waals surface area contributed by atoms with E-state index in [9.17, 15) is 9.59 Å². The third kappa shape index (κ3) is 2.35. The van der Waals surface area contributed by atoms with Crippen LogP contribution >= 0.6 is 0 Å². The number of methoxy groups -OCH3 is 1. The Labute approximate surface area is 95.0 Å². The van der Waals surface area contributed by atoms with Gasteiger partial charge in [-0.3, -0.25) is 4.79 Å². The van der Waals surface area contributed by atoms with Crippen LogP contribution in [0.2, 0.25) is 0 Å². The summed E-state index contributed by atoms with van der Waals surface area (Å²) in [5.41, 5.74) is 0.0393. The average Bonchev–Trinajstić information content (AvgIpc) is 2.28. The fraction of sp³-hybridized carbons (Fsp3) is 0.636. The molecule has 5 nitrogen and oxygen atoms in total. The lowest BCUT2D eigenvalue weighted by molar-refractivity contribution is -0.143. The van der Waals surface area contributed by atoms with Crippen LogP contribution < -0.4 is 0 Å². The van der Waals surface area contributed by atoms with Crippen molar-refractivity contribution in [2.24, 2.45) is 0 Å². The van der Waals surface area contributed by atoms with Crippen LogP contribution in [0.3, 0.4) is 0 Å². The minimum absolute atomic E-state index is 0.0393. The minimum Gasteiger partial charge on any atom is -0.500 e. The molecule has 0 N–H and O–H groups in total. The molecule has 0 unspecified atom stereocenters. The number of carbonyl (C=O) groups excluding carboxylic acids is 2. The van der Waals surface area contributed by atoms with E-state index < -0.39 is 5.97 Å². The number of carbonyl (C=O) groups is 2. The topological polar surface area (TPSA) is 55.8 Å². The highest BCUT2D eigenvalue weighted by atomic mass is 16.5. The van der Waals surface area contributed by atoms with Gasteiger partial charge in [0.05, 0.1) is 13.7 Å². The molecule has 1 aliphatic rings. The van der Waals surface area contributed by atoms with Crippen molar-refractivity contribution in [1.82, 2.24) is 4.90 Å². The van der Waals surface area contributed by atoms with Crippen LogP contribution in [0.4, 0.5) is 0 Å². The van der Waals surface area contributed by atoms with E-state index in [1.165, 1.54) is 7.11 Å². The summed E-state index contributed by atoms with van der Waals surface area (Å²) in [5, 5.41) is 0. The molecule has 5 heteroatoms. The molecule has 0 aromatic heterocycles. The van der Waals surface area contributed by atoms with Crippen LogP contribution in [-0.4, -0.2) is 43.6 Å². The Bertz CT molecular complexity index is 322. The van der Waals surface area contributed by atoms with Crippen molar-refractivity contribution in [3.8, 4) is 0 Å². The van der Waals surface area contributed by atoms with Gasteiger partial charge in [-0.05, 0) is 13.8 Å². The number of esters is 1. The maximum atomic E-state index is 11.9. The molecule has 0 fully saturated rings. The maximum Gasteiger partial charge on any atom is 0.347 e. The van der Waals surface area contributed by atoms with Crippen LogP contribution in [0.1, 0.15) is 20.3 Å². The first-order valence-corrected chi connectivity index (χ1v) is 5.39. The second-order valence-corrected chi connectivity index (χ2v) is 3.36. The van der Waals surface area contributed by atoms with Crippen LogP contribution in [0.5, 0.6) is 0 Å². The summed E-state index contributed by atoms with van der Waals surface area (Å²) in [6.45, 7) is 4.99. The molecule has 0 radical (unpaired) electrons. The second-order valence-electron chi connectivity index (χ2n) is 3.36. The van der Waals surface area contributed by atoms with Gasteiger partial charge in [0, 0.05) is 19.5 Å². The molecule has 0 saturated heterocycles. The Morgan fingerprint density at radius 3 is 2.62 bits per heavy atom. The van der Waals surface area contributed by atoms with Crippen LogP contribution in [0.25, 0.3) is 0 Å². The van der Waals surface area contributed by atoms with E-state index in [0.717, 1.165) is 0 Å². The number of hydrogen-bond donors (Lipinski definition) is 0. The van der Waals surface area contributed by atoms with E-state index in [2.05, 4.69) is 0 Å². The molecule has 0 bridgehead atoms. The van der Waals surface area contributed by atoms with Crippen LogP contribution in [0.15, 0.2) is 11.3 Å². The van der Waals surface area contributed by atoms with Gasteiger partial charge in [0.25, 0.3) is 5.91 Å². The van der Waals surface area contributed by atoms with Gasteiger partial charge in [0.1, 0.15) is 5.76 Å². The molecular weight excluding hydrogens is 210 g/mol. The summed E-state index contributed by atoms with van der Waals surface area (Å²) in [5.74, 6) is -0.472. The lowest BCUT2D eigenvalue weighted by Crippen LogP contribution is -2.40. The third-order valence-corrected chi connectivity index (χ3v) is 2.50. The summed E-state index contributed by atoms with van der Waals surface area (Å²) < 4.78 is 9.92. The first kappa shape index (κ1) is 12.5. The van der Waals surface area contributed by atoms with E-state index in [0.29, 0.717) is 25.3 Å². The monoisotopic (exact) mass is 227 g/mol. The van der Waals surface area contributed by atoms with Gasteiger partial charge in [-0.25, -0.2) is 4.79 Å². The summed E-state index contributed by atoms with van der Waals surface area (Å²) in [4.78, 5) is 25.2. The predicted molar refractivity (Wildman–Crippen MR) is 57.5 cm³/mol. The summed E-state index contributed by atoms with van der Waals surface area (Å²) >= 11 is 0. The highest BCUT2D eigenvalue weighted by molar-refractivity contribution is 6.17. The minimum atomic E-state index is -0.595. The molecule has 1 rings (SSSR count). The lowest BCUT2D eigenvalue weighted by atomic mass is 10.1. The summed E-state index contributed by atoms with van der Waals surface area (Å²) in [7, 11) is 1.46. The van der Waals surface area contributed by atoms with E-state index in [1.54, 1.807) is 11.8 Å². The average molecular weight is 227 g/mol. The van der Waals surface area contributed by atoms with Gasteiger partial charge < -0.3 is 14.4 Å². The molecule has 1 amide bonds. The Balaban J connectivity index is 2.99. The molecule has 0 aromatic carbocycles. The van der Waals surface area contributed by atoms with E-state index in [1.807, 2.05) is 6.92 Å². The molecule has 0 aliphatic carbocycles. The van der Waals surface area contributed by atoms with Gasteiger partial charge in [-0.1, -0.05) is 0 Å². The molecule has 0 spiro atoms. The SMILES string of the molecule is CCOC(=O)C1=C(OC)CCN(CC)C1=O. The predicted octanol–water partition coefficient (Wildman–Crippen LogP) is 0.702. The molecule has 0 saturated carbocycles. The van der Waals surface area contributed by atoms with Gasteiger partial charge >= 0.3 is 5.97 Å². The number of likely N-dealkylation sites (N-methyl/N-ethyl adjacent to an activating group) is 1.